The normalized spacial score (nSPS) is 27.3. The third-order valence-electron chi connectivity index (χ3n) is 2.93. The number of ether oxygens (including phenoxy) is 1. The largest absolute Gasteiger partial charge is 0.370 e. The molecule has 3 atom stereocenters. The summed E-state index contributed by atoms with van der Waals surface area (Å²) in [6.07, 6.45) is 7.06. The Balaban J connectivity index is 1.88. The van der Waals surface area contributed by atoms with Crippen molar-refractivity contribution in [3.05, 3.63) is 30.1 Å². The molecule has 2 rings (SSSR count). The first-order chi connectivity index (χ1) is 6.81. The Morgan fingerprint density at radius 2 is 2.36 bits per heavy atom. The van der Waals surface area contributed by atoms with Crippen molar-refractivity contribution in [1.82, 2.24) is 4.98 Å². The molecule has 3 unspecified atom stereocenters. The van der Waals surface area contributed by atoms with E-state index in [0.717, 1.165) is 12.8 Å². The standard InChI is InChI=1S/C12H17NO/c1-3-11-12(14-11)7-9(2)10-5-4-6-13-8-10/h4-6,8-9,11-12H,3,7H2,1-2H3. The molecule has 0 spiro atoms. The molecule has 1 aliphatic heterocycles. The van der Waals surface area contributed by atoms with Gasteiger partial charge in [-0.2, -0.15) is 0 Å². The number of pyridine rings is 1. The van der Waals surface area contributed by atoms with E-state index in [9.17, 15) is 0 Å². The van der Waals surface area contributed by atoms with Crippen LogP contribution in [0.15, 0.2) is 24.5 Å². The Morgan fingerprint density at radius 1 is 1.50 bits per heavy atom. The Bertz CT molecular complexity index is 286. The zero-order chi connectivity index (χ0) is 9.97. The average Bonchev–Trinajstić information content (AvgIpc) is 2.98. The summed E-state index contributed by atoms with van der Waals surface area (Å²) in [6, 6.07) is 4.14. The maximum Gasteiger partial charge on any atom is 0.0847 e. The first-order valence-corrected chi connectivity index (χ1v) is 5.36. The zero-order valence-electron chi connectivity index (χ0n) is 8.81. The maximum atomic E-state index is 5.54. The molecule has 0 radical (unpaired) electrons. The molecule has 0 aliphatic carbocycles. The molecule has 0 saturated carbocycles. The van der Waals surface area contributed by atoms with E-state index in [1.54, 1.807) is 0 Å². The highest BCUT2D eigenvalue weighted by atomic mass is 16.6. The number of hydrogen-bond acceptors (Lipinski definition) is 2. The highest BCUT2D eigenvalue weighted by molar-refractivity contribution is 5.14. The maximum absolute atomic E-state index is 5.54. The fourth-order valence-corrected chi connectivity index (χ4v) is 1.90. The second kappa shape index (κ2) is 4.09. The van der Waals surface area contributed by atoms with Gasteiger partial charge in [-0.1, -0.05) is 19.9 Å². The van der Waals surface area contributed by atoms with Crippen molar-refractivity contribution < 1.29 is 4.74 Å². The number of aromatic nitrogens is 1. The summed E-state index contributed by atoms with van der Waals surface area (Å²) in [6.45, 7) is 4.42. The second-order valence-electron chi connectivity index (χ2n) is 4.04. The van der Waals surface area contributed by atoms with E-state index in [4.69, 9.17) is 4.74 Å². The molecular formula is C12H17NO. The summed E-state index contributed by atoms with van der Waals surface area (Å²) in [5, 5.41) is 0. The van der Waals surface area contributed by atoms with Gasteiger partial charge in [-0.3, -0.25) is 4.98 Å². The van der Waals surface area contributed by atoms with Crippen LogP contribution in [-0.4, -0.2) is 17.2 Å². The van der Waals surface area contributed by atoms with E-state index in [-0.39, 0.29) is 0 Å². The molecule has 1 aromatic heterocycles. The van der Waals surface area contributed by atoms with Crippen LogP contribution in [0.4, 0.5) is 0 Å². The molecule has 1 aromatic rings. The number of hydrogen-bond donors (Lipinski definition) is 0. The van der Waals surface area contributed by atoms with Crippen LogP contribution in [0.5, 0.6) is 0 Å². The summed E-state index contributed by atoms with van der Waals surface area (Å²) in [5.41, 5.74) is 1.32. The molecule has 0 N–H and O–H groups in total. The van der Waals surface area contributed by atoms with Crippen molar-refractivity contribution in [2.24, 2.45) is 0 Å². The average molecular weight is 191 g/mol. The van der Waals surface area contributed by atoms with Gasteiger partial charge in [0.05, 0.1) is 12.2 Å². The van der Waals surface area contributed by atoms with Crippen molar-refractivity contribution in [1.29, 1.82) is 0 Å². The fraction of sp³-hybridized carbons (Fsp3) is 0.583. The molecule has 76 valence electrons. The molecule has 2 heteroatoms. The number of nitrogens with zero attached hydrogens (tertiary/aromatic N) is 1. The smallest absolute Gasteiger partial charge is 0.0847 e. The van der Waals surface area contributed by atoms with Gasteiger partial charge in [-0.05, 0) is 30.4 Å². The fourth-order valence-electron chi connectivity index (χ4n) is 1.90. The molecule has 1 fully saturated rings. The highest BCUT2D eigenvalue weighted by Gasteiger charge is 2.37. The molecule has 1 aliphatic rings. The van der Waals surface area contributed by atoms with Crippen molar-refractivity contribution >= 4 is 0 Å². The first kappa shape index (κ1) is 9.66. The highest BCUT2D eigenvalue weighted by Crippen LogP contribution is 2.33. The monoisotopic (exact) mass is 191 g/mol. The molecule has 2 heterocycles. The van der Waals surface area contributed by atoms with E-state index in [0.29, 0.717) is 18.1 Å². The van der Waals surface area contributed by atoms with E-state index in [2.05, 4.69) is 24.9 Å². The van der Waals surface area contributed by atoms with Gasteiger partial charge < -0.3 is 4.74 Å². The minimum absolute atomic E-state index is 0.496. The van der Waals surface area contributed by atoms with Gasteiger partial charge in [0.15, 0.2) is 0 Å². The first-order valence-electron chi connectivity index (χ1n) is 5.36. The zero-order valence-corrected chi connectivity index (χ0v) is 8.81. The minimum Gasteiger partial charge on any atom is -0.370 e. The van der Waals surface area contributed by atoms with Crippen LogP contribution < -0.4 is 0 Å². The topological polar surface area (TPSA) is 25.4 Å². The molecule has 1 saturated heterocycles. The molecule has 14 heavy (non-hydrogen) atoms. The number of rotatable bonds is 4. The SMILES string of the molecule is CCC1OC1CC(C)c1cccnc1. The lowest BCUT2D eigenvalue weighted by Gasteiger charge is -2.08. The van der Waals surface area contributed by atoms with Crippen molar-refractivity contribution in [3.8, 4) is 0 Å². The minimum atomic E-state index is 0.496. The van der Waals surface area contributed by atoms with E-state index < -0.39 is 0 Å². The van der Waals surface area contributed by atoms with Gasteiger partial charge >= 0.3 is 0 Å². The quantitative estimate of drug-likeness (QED) is 0.684. The predicted molar refractivity (Wildman–Crippen MR) is 56.2 cm³/mol. The lowest BCUT2D eigenvalue weighted by molar-refractivity contribution is 0.353. The van der Waals surface area contributed by atoms with Crippen LogP contribution in [0.3, 0.4) is 0 Å². The van der Waals surface area contributed by atoms with Crippen LogP contribution >= 0.6 is 0 Å². The number of epoxide rings is 1. The molecule has 0 bridgehead atoms. The van der Waals surface area contributed by atoms with Crippen molar-refractivity contribution in [2.45, 2.75) is 44.8 Å². The van der Waals surface area contributed by atoms with Crippen molar-refractivity contribution in [3.63, 3.8) is 0 Å². The van der Waals surface area contributed by atoms with Gasteiger partial charge in [0.25, 0.3) is 0 Å². The molecule has 0 aromatic carbocycles. The van der Waals surface area contributed by atoms with E-state index in [1.807, 2.05) is 18.5 Å². The Hall–Kier alpha value is -0.890. The van der Waals surface area contributed by atoms with Crippen LogP contribution in [-0.2, 0) is 4.74 Å². The lowest BCUT2D eigenvalue weighted by atomic mass is 9.96. The lowest BCUT2D eigenvalue weighted by Crippen LogP contribution is -2.01. The van der Waals surface area contributed by atoms with Crippen molar-refractivity contribution in [2.75, 3.05) is 0 Å². The Labute approximate surface area is 85.3 Å². The predicted octanol–water partition coefficient (Wildman–Crippen LogP) is 2.75. The molecule has 2 nitrogen and oxygen atoms in total. The summed E-state index contributed by atoms with van der Waals surface area (Å²) in [5.74, 6) is 0.560. The third-order valence-corrected chi connectivity index (χ3v) is 2.93. The van der Waals surface area contributed by atoms with Crippen LogP contribution in [0.2, 0.25) is 0 Å². The van der Waals surface area contributed by atoms with Crippen LogP contribution in [0.1, 0.15) is 38.2 Å². The summed E-state index contributed by atoms with van der Waals surface area (Å²) >= 11 is 0. The van der Waals surface area contributed by atoms with E-state index >= 15 is 0 Å². The van der Waals surface area contributed by atoms with Gasteiger partial charge in [-0.15, -0.1) is 0 Å². The molecular weight excluding hydrogens is 174 g/mol. The summed E-state index contributed by atoms with van der Waals surface area (Å²) in [4.78, 5) is 4.13. The Kier molecular flexibility index (Phi) is 2.82. The van der Waals surface area contributed by atoms with Gasteiger partial charge in [0, 0.05) is 12.4 Å². The second-order valence-corrected chi connectivity index (χ2v) is 4.04. The third kappa shape index (κ3) is 2.13. The van der Waals surface area contributed by atoms with E-state index in [1.165, 1.54) is 5.56 Å². The van der Waals surface area contributed by atoms with Gasteiger partial charge in [-0.25, -0.2) is 0 Å². The van der Waals surface area contributed by atoms with Crippen LogP contribution in [0, 0.1) is 0 Å². The van der Waals surface area contributed by atoms with Crippen LogP contribution in [0.25, 0.3) is 0 Å². The van der Waals surface area contributed by atoms with Gasteiger partial charge in [0.1, 0.15) is 0 Å². The summed E-state index contributed by atoms with van der Waals surface area (Å²) < 4.78 is 5.54. The summed E-state index contributed by atoms with van der Waals surface area (Å²) in [7, 11) is 0. The van der Waals surface area contributed by atoms with Gasteiger partial charge in [0.2, 0.25) is 0 Å². The molecule has 0 amide bonds. The Morgan fingerprint density at radius 3 is 2.93 bits per heavy atom.